The second-order valence-electron chi connectivity index (χ2n) is 5.49. The highest BCUT2D eigenvalue weighted by atomic mass is 35.5. The maximum absolute atomic E-state index is 12.2. The second-order valence-corrected chi connectivity index (χ2v) is 5.90. The van der Waals surface area contributed by atoms with Crippen molar-refractivity contribution < 1.29 is 4.79 Å². The molecule has 0 saturated heterocycles. The molecule has 1 aromatic rings. The Morgan fingerprint density at radius 3 is 2.80 bits per heavy atom. The van der Waals surface area contributed by atoms with Crippen LogP contribution in [0.1, 0.15) is 25.7 Å². The molecule has 0 bridgehead atoms. The maximum atomic E-state index is 12.2. The summed E-state index contributed by atoms with van der Waals surface area (Å²) in [4.78, 5) is 23.8. The Labute approximate surface area is 121 Å². The van der Waals surface area contributed by atoms with Crippen LogP contribution in [0.5, 0.6) is 0 Å². The second kappa shape index (κ2) is 5.44. The average Bonchev–Trinajstić information content (AvgIpc) is 3.28. The van der Waals surface area contributed by atoms with E-state index < -0.39 is 0 Å². The van der Waals surface area contributed by atoms with Gasteiger partial charge in [0, 0.05) is 12.6 Å². The number of anilines is 1. The number of rotatable bonds is 6. The number of amides is 1. The van der Waals surface area contributed by atoms with Crippen LogP contribution in [0, 0.1) is 5.92 Å². The fraction of sp³-hybridized carbons (Fsp3) is 0.615. The van der Waals surface area contributed by atoms with Crippen LogP contribution in [0.25, 0.3) is 0 Å². The summed E-state index contributed by atoms with van der Waals surface area (Å²) < 4.78 is 1.42. The summed E-state index contributed by atoms with van der Waals surface area (Å²) in [5, 5.41) is 9.97. The van der Waals surface area contributed by atoms with Gasteiger partial charge in [-0.1, -0.05) is 11.6 Å². The topological polar surface area (TPSA) is 76.0 Å². The van der Waals surface area contributed by atoms with Crippen molar-refractivity contribution in [3.63, 3.8) is 0 Å². The van der Waals surface area contributed by atoms with Gasteiger partial charge in [-0.2, -0.15) is 5.10 Å². The van der Waals surface area contributed by atoms with Gasteiger partial charge in [0.15, 0.2) is 0 Å². The lowest BCUT2D eigenvalue weighted by atomic mass is 10.4. The van der Waals surface area contributed by atoms with Crippen molar-refractivity contribution in [1.82, 2.24) is 15.1 Å². The number of hydrogen-bond acceptors (Lipinski definition) is 4. The van der Waals surface area contributed by atoms with E-state index in [0.717, 1.165) is 25.7 Å². The predicted octanol–water partition coefficient (Wildman–Crippen LogP) is 0.997. The number of aromatic nitrogens is 2. The zero-order valence-corrected chi connectivity index (χ0v) is 11.8. The zero-order chi connectivity index (χ0) is 14.1. The van der Waals surface area contributed by atoms with Gasteiger partial charge in [-0.15, -0.1) is 0 Å². The predicted molar refractivity (Wildman–Crippen MR) is 75.9 cm³/mol. The van der Waals surface area contributed by atoms with Gasteiger partial charge in [0.25, 0.3) is 5.56 Å². The van der Waals surface area contributed by atoms with Crippen LogP contribution >= 0.6 is 11.6 Å². The molecule has 0 unspecified atom stereocenters. The van der Waals surface area contributed by atoms with E-state index >= 15 is 0 Å². The van der Waals surface area contributed by atoms with Crippen molar-refractivity contribution in [3.8, 4) is 0 Å². The van der Waals surface area contributed by atoms with Crippen molar-refractivity contribution >= 4 is 23.2 Å². The van der Waals surface area contributed by atoms with E-state index in [1.165, 1.54) is 10.9 Å². The van der Waals surface area contributed by atoms with Crippen molar-refractivity contribution in [2.24, 2.45) is 5.92 Å². The smallest absolute Gasteiger partial charge is 0.291 e. The summed E-state index contributed by atoms with van der Waals surface area (Å²) in [6, 6.07) is 0.309. The van der Waals surface area contributed by atoms with E-state index in [1.807, 2.05) is 0 Å². The molecule has 1 heterocycles. The largest absolute Gasteiger partial charge is 0.370 e. The molecule has 1 amide bonds. The molecule has 2 saturated carbocycles. The van der Waals surface area contributed by atoms with Crippen molar-refractivity contribution in [1.29, 1.82) is 0 Å². The Bertz CT molecular complexity index is 578. The summed E-state index contributed by atoms with van der Waals surface area (Å²) in [5.41, 5.74) is -0.00288. The highest BCUT2D eigenvalue weighted by Gasteiger charge is 2.25. The number of nitrogens with zero attached hydrogens (tertiary/aromatic N) is 2. The number of hydrogen-bond donors (Lipinski definition) is 2. The zero-order valence-electron chi connectivity index (χ0n) is 11.1. The molecular formula is C13H17ClN4O2. The van der Waals surface area contributed by atoms with Crippen LogP contribution in [0.15, 0.2) is 11.0 Å². The van der Waals surface area contributed by atoms with Gasteiger partial charge in [-0.25, -0.2) is 4.68 Å². The molecule has 0 atom stereocenters. The molecule has 2 N–H and O–H groups in total. The molecule has 2 aliphatic rings. The van der Waals surface area contributed by atoms with Crippen molar-refractivity contribution in [2.75, 3.05) is 11.9 Å². The first-order valence-corrected chi connectivity index (χ1v) is 7.30. The van der Waals surface area contributed by atoms with Crippen LogP contribution in [0.4, 0.5) is 5.69 Å². The third-order valence-electron chi connectivity index (χ3n) is 3.49. The Balaban J connectivity index is 1.66. The molecule has 20 heavy (non-hydrogen) atoms. The van der Waals surface area contributed by atoms with Gasteiger partial charge in [-0.05, 0) is 31.6 Å². The normalized spacial score (nSPS) is 17.9. The monoisotopic (exact) mass is 296 g/mol. The van der Waals surface area contributed by atoms with Crippen molar-refractivity contribution in [2.45, 2.75) is 38.3 Å². The minimum absolute atomic E-state index is 0.0545. The Hall–Kier alpha value is -1.56. The van der Waals surface area contributed by atoms with Gasteiger partial charge in [0.2, 0.25) is 5.91 Å². The molecule has 1 aromatic heterocycles. The molecule has 0 radical (unpaired) electrons. The highest BCUT2D eigenvalue weighted by Crippen LogP contribution is 2.30. The summed E-state index contributed by atoms with van der Waals surface area (Å²) >= 11 is 5.99. The van der Waals surface area contributed by atoms with Gasteiger partial charge in [0.1, 0.15) is 5.69 Å². The van der Waals surface area contributed by atoms with Crippen LogP contribution < -0.4 is 16.2 Å². The first-order chi connectivity index (χ1) is 9.63. The molecule has 2 fully saturated rings. The lowest BCUT2D eigenvalue weighted by Crippen LogP contribution is -2.34. The van der Waals surface area contributed by atoms with Gasteiger partial charge >= 0.3 is 0 Å². The van der Waals surface area contributed by atoms with Crippen LogP contribution in [-0.4, -0.2) is 28.3 Å². The molecule has 2 aliphatic carbocycles. The van der Waals surface area contributed by atoms with E-state index in [4.69, 9.17) is 11.6 Å². The van der Waals surface area contributed by atoms with E-state index in [2.05, 4.69) is 15.7 Å². The summed E-state index contributed by atoms with van der Waals surface area (Å²) in [6.07, 6.45) is 5.81. The number of carbonyl (C=O) groups excluding carboxylic acids is 1. The van der Waals surface area contributed by atoms with E-state index in [0.29, 0.717) is 18.5 Å². The minimum Gasteiger partial charge on any atom is -0.370 e. The lowest BCUT2D eigenvalue weighted by Gasteiger charge is -2.10. The number of carbonyl (C=O) groups is 1. The molecule has 6 nitrogen and oxygen atoms in total. The lowest BCUT2D eigenvalue weighted by molar-refractivity contribution is -0.119. The standard InChI is InChI=1S/C13H17ClN4O2/c14-10-5-16-18(7-8-1-2-8)13(20)12(10)15-6-11(19)17-9-3-4-9/h5,8-9,15H,1-4,6-7H2,(H,17,19). The molecule has 3 rings (SSSR count). The van der Waals surface area contributed by atoms with Gasteiger partial charge < -0.3 is 10.6 Å². The fourth-order valence-electron chi connectivity index (χ4n) is 1.98. The summed E-state index contributed by atoms with van der Waals surface area (Å²) in [5.74, 6) is 0.431. The van der Waals surface area contributed by atoms with E-state index in [-0.39, 0.29) is 28.7 Å². The van der Waals surface area contributed by atoms with Crippen LogP contribution in [0.3, 0.4) is 0 Å². The number of halogens is 1. The average molecular weight is 297 g/mol. The fourth-order valence-corrected chi connectivity index (χ4v) is 2.17. The first-order valence-electron chi connectivity index (χ1n) is 6.92. The van der Waals surface area contributed by atoms with Gasteiger partial charge in [0.05, 0.1) is 17.8 Å². The highest BCUT2D eigenvalue weighted by molar-refractivity contribution is 6.33. The maximum Gasteiger partial charge on any atom is 0.291 e. The third kappa shape index (κ3) is 3.30. The molecule has 0 spiro atoms. The van der Waals surface area contributed by atoms with E-state index in [1.54, 1.807) is 0 Å². The molecule has 0 aromatic carbocycles. The minimum atomic E-state index is -0.261. The SMILES string of the molecule is O=C(CNc1c(Cl)cnn(CC2CC2)c1=O)NC1CC1. The molecule has 0 aliphatic heterocycles. The Morgan fingerprint density at radius 1 is 1.40 bits per heavy atom. The van der Waals surface area contributed by atoms with Crippen LogP contribution in [0.2, 0.25) is 5.02 Å². The van der Waals surface area contributed by atoms with Crippen molar-refractivity contribution in [3.05, 3.63) is 21.6 Å². The summed E-state index contributed by atoms with van der Waals surface area (Å²) in [6.45, 7) is 0.678. The van der Waals surface area contributed by atoms with Gasteiger partial charge in [-0.3, -0.25) is 9.59 Å². The van der Waals surface area contributed by atoms with E-state index in [9.17, 15) is 9.59 Å². The Morgan fingerprint density at radius 2 is 2.15 bits per heavy atom. The van der Waals surface area contributed by atoms with Crippen LogP contribution in [-0.2, 0) is 11.3 Å². The first kappa shape index (κ1) is 13.4. The quantitative estimate of drug-likeness (QED) is 0.821. The Kier molecular flexibility index (Phi) is 3.65. The number of nitrogens with one attached hydrogen (secondary N) is 2. The molecule has 7 heteroatoms. The molecular weight excluding hydrogens is 280 g/mol. The third-order valence-corrected chi connectivity index (χ3v) is 3.78. The summed E-state index contributed by atoms with van der Waals surface area (Å²) in [7, 11) is 0. The molecule has 108 valence electrons.